The van der Waals surface area contributed by atoms with Gasteiger partial charge in [-0.05, 0) is 43.4 Å². The third kappa shape index (κ3) is 3.79. The smallest absolute Gasteiger partial charge is 0.306 e. The van der Waals surface area contributed by atoms with E-state index < -0.39 is 5.97 Å². The molecule has 1 saturated carbocycles. The highest BCUT2D eigenvalue weighted by molar-refractivity contribution is 5.80. The van der Waals surface area contributed by atoms with Gasteiger partial charge in [0.15, 0.2) is 0 Å². The molecular formula is C15H18FNO3. The summed E-state index contributed by atoms with van der Waals surface area (Å²) >= 11 is 0. The Labute approximate surface area is 117 Å². The lowest BCUT2D eigenvalue weighted by Crippen LogP contribution is -2.31. The van der Waals surface area contributed by atoms with Crippen LogP contribution < -0.4 is 5.32 Å². The van der Waals surface area contributed by atoms with E-state index in [2.05, 4.69) is 5.32 Å². The molecule has 20 heavy (non-hydrogen) atoms. The van der Waals surface area contributed by atoms with Crippen molar-refractivity contribution in [1.29, 1.82) is 0 Å². The van der Waals surface area contributed by atoms with Crippen molar-refractivity contribution >= 4 is 11.9 Å². The van der Waals surface area contributed by atoms with Crippen LogP contribution in [0, 0.1) is 17.7 Å². The zero-order valence-electron chi connectivity index (χ0n) is 11.1. The van der Waals surface area contributed by atoms with Gasteiger partial charge in [-0.2, -0.15) is 0 Å². The molecule has 2 N–H and O–H groups in total. The first kappa shape index (κ1) is 14.5. The van der Waals surface area contributed by atoms with Crippen molar-refractivity contribution in [2.24, 2.45) is 11.8 Å². The monoisotopic (exact) mass is 279 g/mol. The lowest BCUT2D eigenvalue weighted by Gasteiger charge is -2.10. The Morgan fingerprint density at radius 3 is 2.45 bits per heavy atom. The fourth-order valence-corrected chi connectivity index (χ4v) is 2.57. The Balaban J connectivity index is 1.73. The number of amides is 1. The number of carboxylic acids is 1. The standard InChI is InChI=1S/C15H18FNO3/c16-13-5-1-10(2-6-13)7-8-17-14(18)11-3-4-12(9-11)15(19)20/h1-2,5-6,11-12H,3-4,7-9H2,(H,17,18)(H,19,20)/t11-,12+/m1/s1. The molecule has 1 amide bonds. The van der Waals surface area contributed by atoms with E-state index >= 15 is 0 Å². The molecule has 108 valence electrons. The second-order valence-corrected chi connectivity index (χ2v) is 5.21. The molecular weight excluding hydrogens is 261 g/mol. The number of carboxylic acid groups (broad SMARTS) is 1. The van der Waals surface area contributed by atoms with Gasteiger partial charge in [0.05, 0.1) is 5.92 Å². The van der Waals surface area contributed by atoms with Crippen LogP contribution in [0.5, 0.6) is 0 Å². The maximum absolute atomic E-state index is 12.7. The second-order valence-electron chi connectivity index (χ2n) is 5.21. The highest BCUT2D eigenvalue weighted by atomic mass is 19.1. The summed E-state index contributed by atoms with van der Waals surface area (Å²) in [6, 6.07) is 6.17. The first-order chi connectivity index (χ1) is 9.56. The molecule has 0 heterocycles. The van der Waals surface area contributed by atoms with Crippen LogP contribution in [-0.2, 0) is 16.0 Å². The van der Waals surface area contributed by atoms with E-state index in [9.17, 15) is 14.0 Å². The molecule has 0 unspecified atom stereocenters. The molecule has 2 rings (SSSR count). The van der Waals surface area contributed by atoms with Crippen LogP contribution >= 0.6 is 0 Å². The Hall–Kier alpha value is -1.91. The molecule has 0 radical (unpaired) electrons. The number of aliphatic carboxylic acids is 1. The summed E-state index contributed by atoms with van der Waals surface area (Å²) < 4.78 is 12.7. The number of benzene rings is 1. The Morgan fingerprint density at radius 1 is 1.20 bits per heavy atom. The maximum Gasteiger partial charge on any atom is 0.306 e. The van der Waals surface area contributed by atoms with Crippen molar-refractivity contribution in [2.75, 3.05) is 6.54 Å². The van der Waals surface area contributed by atoms with Gasteiger partial charge in [0.25, 0.3) is 0 Å². The minimum Gasteiger partial charge on any atom is -0.481 e. The molecule has 0 saturated heterocycles. The highest BCUT2D eigenvalue weighted by Gasteiger charge is 2.33. The molecule has 2 atom stereocenters. The predicted octanol–water partition coefficient (Wildman–Crippen LogP) is 1.99. The number of carbonyl (C=O) groups excluding carboxylic acids is 1. The van der Waals surface area contributed by atoms with Crippen molar-refractivity contribution in [3.8, 4) is 0 Å². The summed E-state index contributed by atoms with van der Waals surface area (Å²) in [5, 5.41) is 11.7. The number of hydrogen-bond donors (Lipinski definition) is 2. The van der Waals surface area contributed by atoms with Gasteiger partial charge >= 0.3 is 5.97 Å². The van der Waals surface area contributed by atoms with Crippen LogP contribution in [0.1, 0.15) is 24.8 Å². The van der Waals surface area contributed by atoms with Gasteiger partial charge in [0.1, 0.15) is 5.82 Å². The van der Waals surface area contributed by atoms with Gasteiger partial charge in [-0.25, -0.2) is 4.39 Å². The van der Waals surface area contributed by atoms with Gasteiger partial charge in [-0.15, -0.1) is 0 Å². The van der Waals surface area contributed by atoms with Crippen molar-refractivity contribution in [1.82, 2.24) is 5.32 Å². The Bertz CT molecular complexity index is 486. The number of carbonyl (C=O) groups is 2. The van der Waals surface area contributed by atoms with Crippen LogP contribution in [0.3, 0.4) is 0 Å². The topological polar surface area (TPSA) is 66.4 Å². The van der Waals surface area contributed by atoms with Crippen molar-refractivity contribution in [3.63, 3.8) is 0 Å². The second kappa shape index (κ2) is 6.50. The summed E-state index contributed by atoms with van der Waals surface area (Å²) in [7, 11) is 0. The normalized spacial score (nSPS) is 21.6. The molecule has 1 aliphatic rings. The summed E-state index contributed by atoms with van der Waals surface area (Å²) in [5.41, 5.74) is 0.960. The van der Waals surface area contributed by atoms with Crippen LogP contribution in [0.2, 0.25) is 0 Å². The average molecular weight is 279 g/mol. The van der Waals surface area contributed by atoms with Crippen molar-refractivity contribution in [2.45, 2.75) is 25.7 Å². The van der Waals surface area contributed by atoms with E-state index in [1.54, 1.807) is 12.1 Å². The minimum atomic E-state index is -0.813. The molecule has 0 aliphatic heterocycles. The molecule has 1 fully saturated rings. The van der Waals surface area contributed by atoms with Gasteiger partial charge in [-0.1, -0.05) is 12.1 Å². The number of halogens is 1. The molecule has 1 aliphatic carbocycles. The van der Waals surface area contributed by atoms with Gasteiger partial charge in [0.2, 0.25) is 5.91 Å². The van der Waals surface area contributed by atoms with Gasteiger partial charge < -0.3 is 10.4 Å². The van der Waals surface area contributed by atoms with Crippen LogP contribution in [0.15, 0.2) is 24.3 Å². The zero-order chi connectivity index (χ0) is 14.5. The SMILES string of the molecule is O=C(O)[C@H]1CC[C@@H](C(=O)NCCc2ccc(F)cc2)C1. The van der Waals surface area contributed by atoms with Gasteiger partial charge in [-0.3, -0.25) is 9.59 Å². The van der Waals surface area contributed by atoms with E-state index in [1.807, 2.05) is 0 Å². The van der Waals surface area contributed by atoms with Crippen LogP contribution in [0.25, 0.3) is 0 Å². The summed E-state index contributed by atoms with van der Waals surface area (Å²) in [5.74, 6) is -1.74. The van der Waals surface area contributed by atoms with E-state index in [-0.39, 0.29) is 23.6 Å². The Morgan fingerprint density at radius 2 is 1.85 bits per heavy atom. The predicted molar refractivity (Wildman–Crippen MR) is 71.6 cm³/mol. The maximum atomic E-state index is 12.7. The number of hydrogen-bond acceptors (Lipinski definition) is 2. The van der Waals surface area contributed by atoms with Gasteiger partial charge in [0, 0.05) is 12.5 Å². The largest absolute Gasteiger partial charge is 0.481 e. The first-order valence-electron chi connectivity index (χ1n) is 6.81. The third-order valence-electron chi connectivity index (χ3n) is 3.78. The zero-order valence-corrected chi connectivity index (χ0v) is 11.1. The summed E-state index contributed by atoms with van der Waals surface area (Å²) in [4.78, 5) is 22.7. The molecule has 0 bridgehead atoms. The fourth-order valence-electron chi connectivity index (χ4n) is 2.57. The number of nitrogens with one attached hydrogen (secondary N) is 1. The van der Waals surface area contributed by atoms with E-state index in [4.69, 9.17) is 5.11 Å². The Kier molecular flexibility index (Phi) is 4.71. The minimum absolute atomic E-state index is 0.0733. The van der Waals surface area contributed by atoms with E-state index in [0.717, 1.165) is 5.56 Å². The molecule has 5 heteroatoms. The molecule has 1 aromatic rings. The molecule has 1 aromatic carbocycles. The lowest BCUT2D eigenvalue weighted by atomic mass is 10.0. The highest BCUT2D eigenvalue weighted by Crippen LogP contribution is 2.31. The first-order valence-corrected chi connectivity index (χ1v) is 6.81. The molecule has 4 nitrogen and oxygen atoms in total. The fraction of sp³-hybridized carbons (Fsp3) is 0.467. The van der Waals surface area contributed by atoms with E-state index in [1.165, 1.54) is 12.1 Å². The average Bonchev–Trinajstić information content (AvgIpc) is 2.91. The van der Waals surface area contributed by atoms with Crippen LogP contribution in [-0.4, -0.2) is 23.5 Å². The number of rotatable bonds is 5. The quantitative estimate of drug-likeness (QED) is 0.866. The van der Waals surface area contributed by atoms with Crippen molar-refractivity contribution in [3.05, 3.63) is 35.6 Å². The molecule has 0 aromatic heterocycles. The molecule has 0 spiro atoms. The lowest BCUT2D eigenvalue weighted by molar-refractivity contribution is -0.141. The summed E-state index contributed by atoms with van der Waals surface area (Å²) in [6.45, 7) is 0.485. The van der Waals surface area contributed by atoms with E-state index in [0.29, 0.717) is 32.2 Å². The summed E-state index contributed by atoms with van der Waals surface area (Å²) in [6.07, 6.45) is 2.28. The van der Waals surface area contributed by atoms with Crippen LogP contribution in [0.4, 0.5) is 4.39 Å². The third-order valence-corrected chi connectivity index (χ3v) is 3.78. The van der Waals surface area contributed by atoms with Crippen molar-refractivity contribution < 1.29 is 19.1 Å².